The highest BCUT2D eigenvalue weighted by atomic mass is 16.2. The van der Waals surface area contributed by atoms with Crippen LogP contribution in [0.1, 0.15) is 44.1 Å². The Bertz CT molecular complexity index is 463. The monoisotopic (exact) mass is 286 g/mol. The molecule has 3 nitrogen and oxygen atoms in total. The molecule has 2 unspecified atom stereocenters. The summed E-state index contributed by atoms with van der Waals surface area (Å²) in [5.74, 6) is 1.01. The standard InChI is InChI=1S/C18H26N2O/c1-14(16-6-3-2-4-7-16)18(21)20(12-15-9-10-15)13-17-8-5-11-19-17/h2-4,6-7,14-15,17,19H,5,8-13H2,1H3. The first kappa shape index (κ1) is 14.6. The van der Waals surface area contributed by atoms with E-state index in [1.807, 2.05) is 25.1 Å². The van der Waals surface area contributed by atoms with Gasteiger partial charge in [0.05, 0.1) is 5.92 Å². The van der Waals surface area contributed by atoms with Gasteiger partial charge in [-0.2, -0.15) is 0 Å². The lowest BCUT2D eigenvalue weighted by Crippen LogP contribution is -2.43. The highest BCUT2D eigenvalue weighted by Gasteiger charge is 2.31. The van der Waals surface area contributed by atoms with Crippen LogP contribution in [-0.2, 0) is 4.79 Å². The Morgan fingerprint density at radius 2 is 2.00 bits per heavy atom. The van der Waals surface area contributed by atoms with Gasteiger partial charge in [0.2, 0.25) is 5.91 Å². The summed E-state index contributed by atoms with van der Waals surface area (Å²) in [6.45, 7) is 4.98. The summed E-state index contributed by atoms with van der Waals surface area (Å²) in [6, 6.07) is 10.7. The third kappa shape index (κ3) is 3.85. The summed E-state index contributed by atoms with van der Waals surface area (Å²) >= 11 is 0. The van der Waals surface area contributed by atoms with Gasteiger partial charge in [0.25, 0.3) is 0 Å². The molecule has 0 aromatic heterocycles. The normalized spacial score (nSPS) is 23.0. The van der Waals surface area contributed by atoms with Crippen molar-refractivity contribution in [2.24, 2.45) is 5.92 Å². The van der Waals surface area contributed by atoms with Crippen molar-refractivity contribution in [2.75, 3.05) is 19.6 Å². The number of nitrogens with zero attached hydrogens (tertiary/aromatic N) is 1. The average Bonchev–Trinajstić information content (AvgIpc) is 3.19. The second-order valence-corrected chi connectivity index (χ2v) is 6.61. The summed E-state index contributed by atoms with van der Waals surface area (Å²) in [7, 11) is 0. The summed E-state index contributed by atoms with van der Waals surface area (Å²) in [4.78, 5) is 15.0. The van der Waals surface area contributed by atoms with Gasteiger partial charge in [0, 0.05) is 19.1 Å². The van der Waals surface area contributed by atoms with Gasteiger partial charge in [-0.1, -0.05) is 30.3 Å². The number of nitrogens with one attached hydrogen (secondary N) is 1. The van der Waals surface area contributed by atoms with Gasteiger partial charge in [-0.05, 0) is 50.6 Å². The molecule has 1 amide bonds. The van der Waals surface area contributed by atoms with E-state index in [1.54, 1.807) is 0 Å². The fourth-order valence-electron chi connectivity index (χ4n) is 3.20. The lowest BCUT2D eigenvalue weighted by atomic mass is 9.99. The Morgan fingerprint density at radius 1 is 1.24 bits per heavy atom. The van der Waals surface area contributed by atoms with Crippen molar-refractivity contribution in [1.82, 2.24) is 10.2 Å². The summed E-state index contributed by atoms with van der Waals surface area (Å²) < 4.78 is 0. The van der Waals surface area contributed by atoms with E-state index in [1.165, 1.54) is 25.7 Å². The molecular weight excluding hydrogens is 260 g/mol. The Kier molecular flexibility index (Phi) is 4.59. The molecule has 2 atom stereocenters. The molecule has 2 fully saturated rings. The molecule has 3 heteroatoms. The van der Waals surface area contributed by atoms with E-state index in [-0.39, 0.29) is 5.92 Å². The molecule has 0 radical (unpaired) electrons. The molecule has 1 saturated carbocycles. The zero-order valence-electron chi connectivity index (χ0n) is 12.9. The van der Waals surface area contributed by atoms with E-state index < -0.39 is 0 Å². The van der Waals surface area contributed by atoms with Gasteiger partial charge in [-0.15, -0.1) is 0 Å². The molecule has 1 aliphatic carbocycles. The van der Waals surface area contributed by atoms with Gasteiger partial charge in [-0.3, -0.25) is 4.79 Å². The van der Waals surface area contributed by atoms with Crippen molar-refractivity contribution in [3.05, 3.63) is 35.9 Å². The van der Waals surface area contributed by atoms with Crippen molar-refractivity contribution >= 4 is 5.91 Å². The van der Waals surface area contributed by atoms with Crippen molar-refractivity contribution < 1.29 is 4.79 Å². The smallest absolute Gasteiger partial charge is 0.229 e. The average molecular weight is 286 g/mol. The second-order valence-electron chi connectivity index (χ2n) is 6.61. The third-order valence-corrected chi connectivity index (χ3v) is 4.76. The molecule has 0 spiro atoms. The maximum Gasteiger partial charge on any atom is 0.229 e. The molecule has 21 heavy (non-hydrogen) atoms. The van der Waals surface area contributed by atoms with Crippen LogP contribution in [0.25, 0.3) is 0 Å². The molecule has 1 heterocycles. The lowest BCUT2D eigenvalue weighted by molar-refractivity contribution is -0.133. The van der Waals surface area contributed by atoms with Crippen molar-refractivity contribution in [2.45, 2.75) is 44.6 Å². The third-order valence-electron chi connectivity index (χ3n) is 4.76. The highest BCUT2D eigenvalue weighted by molar-refractivity contribution is 5.83. The number of hydrogen-bond acceptors (Lipinski definition) is 2. The van der Waals surface area contributed by atoms with Crippen LogP contribution in [-0.4, -0.2) is 36.5 Å². The number of amides is 1. The summed E-state index contributed by atoms with van der Waals surface area (Å²) in [5, 5.41) is 3.52. The maximum atomic E-state index is 12.9. The van der Waals surface area contributed by atoms with Crippen LogP contribution in [0.2, 0.25) is 0 Å². The fraction of sp³-hybridized carbons (Fsp3) is 0.611. The first-order valence-electron chi connectivity index (χ1n) is 8.31. The van der Waals surface area contributed by atoms with E-state index in [0.717, 1.165) is 31.1 Å². The number of hydrogen-bond donors (Lipinski definition) is 1. The zero-order valence-corrected chi connectivity index (χ0v) is 12.9. The van der Waals surface area contributed by atoms with Crippen LogP contribution >= 0.6 is 0 Å². The maximum absolute atomic E-state index is 12.9. The number of benzene rings is 1. The minimum Gasteiger partial charge on any atom is -0.340 e. The van der Waals surface area contributed by atoms with Crippen LogP contribution in [0.5, 0.6) is 0 Å². The Hall–Kier alpha value is -1.35. The predicted molar refractivity (Wildman–Crippen MR) is 85.2 cm³/mol. The highest BCUT2D eigenvalue weighted by Crippen LogP contribution is 2.31. The van der Waals surface area contributed by atoms with E-state index in [4.69, 9.17) is 0 Å². The second kappa shape index (κ2) is 6.61. The van der Waals surface area contributed by atoms with Crippen LogP contribution in [0, 0.1) is 5.92 Å². The summed E-state index contributed by atoms with van der Waals surface area (Å²) in [5.41, 5.74) is 1.13. The number of rotatable bonds is 6. The van der Waals surface area contributed by atoms with E-state index >= 15 is 0 Å². The Labute approximate surface area is 127 Å². The lowest BCUT2D eigenvalue weighted by Gasteiger charge is -2.28. The molecular formula is C18H26N2O. The van der Waals surface area contributed by atoms with Gasteiger partial charge >= 0.3 is 0 Å². The van der Waals surface area contributed by atoms with E-state index in [9.17, 15) is 4.79 Å². The molecule has 2 aliphatic rings. The zero-order chi connectivity index (χ0) is 14.7. The number of carbonyl (C=O) groups excluding carboxylic acids is 1. The van der Waals surface area contributed by atoms with Crippen molar-refractivity contribution in [1.29, 1.82) is 0 Å². The van der Waals surface area contributed by atoms with Crippen molar-refractivity contribution in [3.63, 3.8) is 0 Å². The summed E-state index contributed by atoms with van der Waals surface area (Å²) in [6.07, 6.45) is 5.03. The minimum absolute atomic E-state index is 0.0358. The van der Waals surface area contributed by atoms with E-state index in [0.29, 0.717) is 11.9 Å². The van der Waals surface area contributed by atoms with Gasteiger partial charge in [-0.25, -0.2) is 0 Å². The molecule has 1 aliphatic heterocycles. The Morgan fingerprint density at radius 3 is 2.62 bits per heavy atom. The molecule has 0 bridgehead atoms. The molecule has 114 valence electrons. The first-order chi connectivity index (χ1) is 10.2. The molecule has 1 N–H and O–H groups in total. The topological polar surface area (TPSA) is 32.3 Å². The van der Waals surface area contributed by atoms with Crippen LogP contribution < -0.4 is 5.32 Å². The van der Waals surface area contributed by atoms with Crippen LogP contribution in [0.3, 0.4) is 0 Å². The molecule has 1 aromatic rings. The molecule has 1 aromatic carbocycles. The molecule has 1 saturated heterocycles. The van der Waals surface area contributed by atoms with Gasteiger partial charge in [0.15, 0.2) is 0 Å². The van der Waals surface area contributed by atoms with Crippen molar-refractivity contribution in [3.8, 4) is 0 Å². The molecule has 3 rings (SSSR count). The fourth-order valence-corrected chi connectivity index (χ4v) is 3.20. The number of carbonyl (C=O) groups is 1. The predicted octanol–water partition coefficient (Wildman–Crippen LogP) is 2.78. The largest absolute Gasteiger partial charge is 0.340 e. The van der Waals surface area contributed by atoms with Crippen LogP contribution in [0.4, 0.5) is 0 Å². The quantitative estimate of drug-likeness (QED) is 0.872. The SMILES string of the molecule is CC(C(=O)N(CC1CC1)CC1CCCN1)c1ccccc1. The van der Waals surface area contributed by atoms with Crippen LogP contribution in [0.15, 0.2) is 30.3 Å². The Balaban J connectivity index is 1.66. The van der Waals surface area contributed by atoms with Gasteiger partial charge in [0.1, 0.15) is 0 Å². The van der Waals surface area contributed by atoms with Gasteiger partial charge < -0.3 is 10.2 Å². The first-order valence-corrected chi connectivity index (χ1v) is 8.31. The minimum atomic E-state index is -0.0358. The van der Waals surface area contributed by atoms with E-state index in [2.05, 4.69) is 22.3 Å².